The molecule has 1 heteroatoms. The standard InChI is InChI=1S/C7H13I/c1-7(2)5-3-4-6-8/h5H,3-4,6H2,1-2H3. The van der Waals surface area contributed by atoms with E-state index in [0.717, 1.165) is 0 Å². The molecule has 48 valence electrons. The predicted octanol–water partition coefficient (Wildman–Crippen LogP) is 3.17. The molecule has 0 aliphatic heterocycles. The molecule has 0 aliphatic rings. The lowest BCUT2D eigenvalue weighted by atomic mass is 10.2. The summed E-state index contributed by atoms with van der Waals surface area (Å²) in [6, 6.07) is 0. The molecule has 8 heavy (non-hydrogen) atoms. The first-order chi connectivity index (χ1) is 3.77. The summed E-state index contributed by atoms with van der Waals surface area (Å²) in [4.78, 5) is 0. The summed E-state index contributed by atoms with van der Waals surface area (Å²) in [7, 11) is 0. The van der Waals surface area contributed by atoms with Gasteiger partial charge in [-0.05, 0) is 31.1 Å². The molecule has 0 saturated carbocycles. The molecule has 0 aromatic carbocycles. The van der Waals surface area contributed by atoms with Crippen LogP contribution in [0.25, 0.3) is 0 Å². The Morgan fingerprint density at radius 2 is 2.12 bits per heavy atom. The van der Waals surface area contributed by atoms with Crippen molar-refractivity contribution in [2.75, 3.05) is 4.43 Å². The van der Waals surface area contributed by atoms with Gasteiger partial charge in [0.1, 0.15) is 0 Å². The lowest BCUT2D eigenvalue weighted by molar-refractivity contribution is 0.974. The number of halogens is 1. The van der Waals surface area contributed by atoms with E-state index in [4.69, 9.17) is 0 Å². The van der Waals surface area contributed by atoms with Gasteiger partial charge in [0.2, 0.25) is 0 Å². The summed E-state index contributed by atoms with van der Waals surface area (Å²) in [5.74, 6) is 0. The van der Waals surface area contributed by atoms with Gasteiger partial charge in [0.25, 0.3) is 0 Å². The highest BCUT2D eigenvalue weighted by Gasteiger charge is 1.78. The fourth-order valence-corrected chi connectivity index (χ4v) is 0.908. The van der Waals surface area contributed by atoms with E-state index < -0.39 is 0 Å². The lowest BCUT2D eigenvalue weighted by Gasteiger charge is -1.88. The summed E-state index contributed by atoms with van der Waals surface area (Å²) in [6.07, 6.45) is 4.87. The van der Waals surface area contributed by atoms with Gasteiger partial charge in [0.15, 0.2) is 0 Å². The van der Waals surface area contributed by atoms with E-state index in [9.17, 15) is 0 Å². The molecule has 0 aliphatic carbocycles. The van der Waals surface area contributed by atoms with Gasteiger partial charge in [0, 0.05) is 0 Å². The highest BCUT2D eigenvalue weighted by Crippen LogP contribution is 1.98. The van der Waals surface area contributed by atoms with Crippen molar-refractivity contribution in [3.63, 3.8) is 0 Å². The van der Waals surface area contributed by atoms with Crippen molar-refractivity contribution >= 4 is 22.6 Å². The van der Waals surface area contributed by atoms with Crippen molar-refractivity contribution in [3.05, 3.63) is 11.6 Å². The Bertz CT molecular complexity index is 70.5. The summed E-state index contributed by atoms with van der Waals surface area (Å²) in [5, 5.41) is 0. The van der Waals surface area contributed by atoms with Gasteiger partial charge < -0.3 is 0 Å². The Kier molecular flexibility index (Phi) is 5.93. The zero-order valence-electron chi connectivity index (χ0n) is 5.58. The van der Waals surface area contributed by atoms with E-state index in [1.165, 1.54) is 22.8 Å². The van der Waals surface area contributed by atoms with Crippen molar-refractivity contribution in [3.8, 4) is 0 Å². The van der Waals surface area contributed by atoms with Crippen molar-refractivity contribution in [2.24, 2.45) is 0 Å². The van der Waals surface area contributed by atoms with Crippen LogP contribution in [0.2, 0.25) is 0 Å². The minimum Gasteiger partial charge on any atom is -0.0864 e. The summed E-state index contributed by atoms with van der Waals surface area (Å²) >= 11 is 2.40. The number of hydrogen-bond acceptors (Lipinski definition) is 0. The molecule has 0 aromatic heterocycles. The smallest absolute Gasteiger partial charge is 0.000178 e. The van der Waals surface area contributed by atoms with Crippen molar-refractivity contribution in [1.82, 2.24) is 0 Å². The number of alkyl halides is 1. The van der Waals surface area contributed by atoms with Gasteiger partial charge >= 0.3 is 0 Å². The van der Waals surface area contributed by atoms with Crippen LogP contribution < -0.4 is 0 Å². The fraction of sp³-hybridized carbons (Fsp3) is 0.714. The molecular weight excluding hydrogens is 211 g/mol. The quantitative estimate of drug-likeness (QED) is 0.299. The SMILES string of the molecule is CC(C)=CCCCI. The van der Waals surface area contributed by atoms with Gasteiger partial charge in [-0.25, -0.2) is 0 Å². The Labute approximate surface area is 65.5 Å². The van der Waals surface area contributed by atoms with E-state index in [1.54, 1.807) is 0 Å². The average molecular weight is 224 g/mol. The van der Waals surface area contributed by atoms with Crippen LogP contribution in [0.3, 0.4) is 0 Å². The van der Waals surface area contributed by atoms with Gasteiger partial charge in [-0.15, -0.1) is 0 Å². The van der Waals surface area contributed by atoms with Crippen LogP contribution in [-0.4, -0.2) is 4.43 Å². The molecule has 0 aromatic rings. The Morgan fingerprint density at radius 3 is 2.50 bits per heavy atom. The first-order valence-corrected chi connectivity index (χ1v) is 4.49. The molecule has 0 heterocycles. The highest BCUT2D eigenvalue weighted by atomic mass is 127. The molecule has 0 nitrogen and oxygen atoms in total. The number of allylic oxidation sites excluding steroid dienone is 2. The number of unbranched alkanes of at least 4 members (excludes halogenated alkanes) is 1. The predicted molar refractivity (Wildman–Crippen MR) is 47.6 cm³/mol. The summed E-state index contributed by atoms with van der Waals surface area (Å²) in [6.45, 7) is 4.29. The lowest BCUT2D eigenvalue weighted by Crippen LogP contribution is -1.71. The maximum atomic E-state index is 2.40. The molecule has 0 spiro atoms. The molecule has 0 rings (SSSR count). The van der Waals surface area contributed by atoms with Crippen molar-refractivity contribution in [2.45, 2.75) is 26.7 Å². The Morgan fingerprint density at radius 1 is 1.50 bits per heavy atom. The molecule has 0 amide bonds. The second-order valence-electron chi connectivity index (χ2n) is 2.11. The van der Waals surface area contributed by atoms with Crippen LogP contribution in [0.1, 0.15) is 26.7 Å². The summed E-state index contributed by atoms with van der Waals surface area (Å²) in [5.41, 5.74) is 1.44. The minimum absolute atomic E-state index is 1.26. The third kappa shape index (κ3) is 6.47. The number of rotatable bonds is 3. The monoisotopic (exact) mass is 224 g/mol. The van der Waals surface area contributed by atoms with Crippen LogP contribution in [0.5, 0.6) is 0 Å². The molecule has 0 fully saturated rings. The molecular formula is C7H13I. The van der Waals surface area contributed by atoms with Crippen LogP contribution >= 0.6 is 22.6 Å². The molecule has 0 bridgehead atoms. The third-order valence-electron chi connectivity index (χ3n) is 0.890. The first-order valence-electron chi connectivity index (χ1n) is 2.96. The maximum Gasteiger partial charge on any atom is -0.000178 e. The Hall–Kier alpha value is 0.470. The fourth-order valence-electron chi connectivity index (χ4n) is 0.468. The Balaban J connectivity index is 3.03. The summed E-state index contributed by atoms with van der Waals surface area (Å²) < 4.78 is 1.28. The van der Waals surface area contributed by atoms with Crippen LogP contribution in [0.15, 0.2) is 11.6 Å². The number of hydrogen-bond donors (Lipinski definition) is 0. The van der Waals surface area contributed by atoms with E-state index in [2.05, 4.69) is 42.5 Å². The molecule has 0 atom stereocenters. The minimum atomic E-state index is 1.26. The molecule has 0 N–H and O–H groups in total. The van der Waals surface area contributed by atoms with E-state index in [-0.39, 0.29) is 0 Å². The zero-order valence-corrected chi connectivity index (χ0v) is 7.73. The molecule has 0 saturated heterocycles. The maximum absolute atomic E-state index is 2.40. The van der Waals surface area contributed by atoms with E-state index in [1.807, 2.05) is 0 Å². The highest BCUT2D eigenvalue weighted by molar-refractivity contribution is 14.1. The molecule has 0 radical (unpaired) electrons. The van der Waals surface area contributed by atoms with Gasteiger partial charge in [-0.1, -0.05) is 34.2 Å². The van der Waals surface area contributed by atoms with E-state index in [0.29, 0.717) is 0 Å². The average Bonchev–Trinajstić information content (AvgIpc) is 1.66. The van der Waals surface area contributed by atoms with Gasteiger partial charge in [-0.2, -0.15) is 0 Å². The second kappa shape index (κ2) is 5.60. The van der Waals surface area contributed by atoms with Crippen molar-refractivity contribution < 1.29 is 0 Å². The largest absolute Gasteiger partial charge is 0.0864 e. The van der Waals surface area contributed by atoms with Crippen molar-refractivity contribution in [1.29, 1.82) is 0 Å². The normalized spacial score (nSPS) is 8.88. The zero-order chi connectivity index (χ0) is 6.41. The van der Waals surface area contributed by atoms with E-state index >= 15 is 0 Å². The second-order valence-corrected chi connectivity index (χ2v) is 3.19. The van der Waals surface area contributed by atoms with Gasteiger partial charge in [-0.3, -0.25) is 0 Å². The van der Waals surface area contributed by atoms with Crippen LogP contribution in [0.4, 0.5) is 0 Å². The first kappa shape index (κ1) is 8.47. The third-order valence-corrected chi connectivity index (χ3v) is 1.65. The van der Waals surface area contributed by atoms with Crippen LogP contribution in [0, 0.1) is 0 Å². The topological polar surface area (TPSA) is 0 Å². The molecule has 0 unspecified atom stereocenters. The van der Waals surface area contributed by atoms with Gasteiger partial charge in [0.05, 0.1) is 0 Å². The van der Waals surface area contributed by atoms with Crippen LogP contribution in [-0.2, 0) is 0 Å².